The first kappa shape index (κ1) is 28.8. The third kappa shape index (κ3) is 4.72. The van der Waals surface area contributed by atoms with E-state index in [0.717, 1.165) is 12.7 Å². The Hall–Kier alpha value is -3.26. The van der Waals surface area contributed by atoms with Gasteiger partial charge in [-0.15, -0.1) is 0 Å². The van der Waals surface area contributed by atoms with Gasteiger partial charge in [0.2, 0.25) is 5.95 Å². The predicted octanol–water partition coefficient (Wildman–Crippen LogP) is -0.154. The quantitative estimate of drug-likeness (QED) is 0.110. The number of imidazole rings is 2. The van der Waals surface area contributed by atoms with Crippen molar-refractivity contribution >= 4 is 52.9 Å². The molecule has 7 N–H and O–H groups in total. The number of alkyl halides is 2. The standard InChI is InChI=1S/C21H25F2N10O7PS/c22-9-7(1-2-34)39-20(33-6-29-12-17(33)30-21(25)31-18(12)36)14(9)41(37,42)38-3-8-13(35)10(23)19(40-8)32-5-28-11-15(24)26-4-27-16(11)32/h4-10,13-14,19-20,34-35H,1-3H2,(H,37,42)(H2,24,26,27)(H3,25,30,31,36)/t7-,8-,9+,10+,13-,14-,19-,20-,41-/m1/s1. The van der Waals surface area contributed by atoms with E-state index in [1.54, 1.807) is 0 Å². The molecule has 226 valence electrons. The molecule has 0 bridgehead atoms. The molecule has 17 nitrogen and oxygen atoms in total. The molecule has 0 unspecified atom stereocenters. The van der Waals surface area contributed by atoms with Crippen LogP contribution in [0.25, 0.3) is 22.3 Å². The number of nitrogens with two attached hydrogens (primary N) is 2. The zero-order valence-corrected chi connectivity index (χ0v) is 23.1. The minimum atomic E-state index is -4.33. The Morgan fingerprint density at radius 3 is 2.48 bits per heavy atom. The molecule has 4 aromatic heterocycles. The highest BCUT2D eigenvalue weighted by Gasteiger charge is 2.56. The number of nitrogen functional groups attached to an aromatic ring is 2. The van der Waals surface area contributed by atoms with Crippen LogP contribution in [0.2, 0.25) is 0 Å². The van der Waals surface area contributed by atoms with Crippen molar-refractivity contribution in [1.82, 2.24) is 39.0 Å². The molecule has 0 spiro atoms. The number of fused-ring (bicyclic) bond motifs is 2. The van der Waals surface area contributed by atoms with Crippen LogP contribution >= 0.6 is 18.8 Å². The van der Waals surface area contributed by atoms with E-state index in [9.17, 15) is 19.6 Å². The predicted molar refractivity (Wildman–Crippen MR) is 144 cm³/mol. The Labute approximate surface area is 238 Å². The van der Waals surface area contributed by atoms with Crippen LogP contribution in [0.15, 0.2) is 23.8 Å². The van der Waals surface area contributed by atoms with Crippen LogP contribution in [-0.4, -0.2) is 98.8 Å². The molecular weight excluding hydrogens is 605 g/mol. The van der Waals surface area contributed by atoms with E-state index in [-0.39, 0.29) is 40.5 Å². The Kier molecular flexibility index (Phi) is 7.40. The smallest absolute Gasteiger partial charge is 0.280 e. The first-order valence-electron chi connectivity index (χ1n) is 12.5. The largest absolute Gasteiger partial charge is 0.396 e. The lowest BCUT2D eigenvalue weighted by Gasteiger charge is -2.27. The molecule has 21 heteroatoms. The number of rotatable bonds is 8. The van der Waals surface area contributed by atoms with E-state index >= 15 is 8.78 Å². The lowest BCUT2D eigenvalue weighted by molar-refractivity contribution is -0.0412. The normalized spacial score (nSPS) is 31.3. The fourth-order valence-corrected chi connectivity index (χ4v) is 7.70. The fraction of sp³-hybridized carbons (Fsp3) is 0.524. The van der Waals surface area contributed by atoms with Gasteiger partial charge in [-0.05, 0) is 6.42 Å². The van der Waals surface area contributed by atoms with Gasteiger partial charge in [-0.3, -0.25) is 23.5 Å². The summed E-state index contributed by atoms with van der Waals surface area (Å²) >= 11 is 4.17. The van der Waals surface area contributed by atoms with Crippen LogP contribution in [0.5, 0.6) is 0 Å². The highest BCUT2D eigenvalue weighted by molar-refractivity contribution is 8.46. The summed E-state index contributed by atoms with van der Waals surface area (Å²) in [5.74, 6) is -0.189. The van der Waals surface area contributed by atoms with Crippen molar-refractivity contribution in [3.05, 3.63) is 29.3 Å². The summed E-state index contributed by atoms with van der Waals surface area (Å²) < 4.78 is 64.2. The number of thiol groups is 1. The van der Waals surface area contributed by atoms with Crippen LogP contribution < -0.4 is 17.0 Å². The minimum Gasteiger partial charge on any atom is -0.396 e. The minimum absolute atomic E-state index is 0.0605. The molecule has 2 fully saturated rings. The van der Waals surface area contributed by atoms with Gasteiger partial charge in [0.25, 0.3) is 12.1 Å². The van der Waals surface area contributed by atoms with Gasteiger partial charge in [-0.25, -0.2) is 28.7 Å². The number of halogens is 2. The maximum Gasteiger partial charge on any atom is 0.280 e. The van der Waals surface area contributed by atoms with E-state index in [4.69, 9.17) is 25.5 Å². The molecule has 6 heterocycles. The highest BCUT2D eigenvalue weighted by atomic mass is 32.7. The van der Waals surface area contributed by atoms with E-state index in [1.807, 2.05) is 0 Å². The Balaban J connectivity index is 1.25. The SMILES string of the molecule is Nc1nc2c(ncn2[C@@H]2O[C@H](CCO)[C@H](F)[C@H]2[P@](=O)(S)OC[C@H]2O[C@@H](n3cnc4c(N)ncnc43)[C@@H](F)[C@@H]2O)c(=O)[nH]1. The van der Waals surface area contributed by atoms with Crippen LogP contribution in [0, 0.1) is 0 Å². The summed E-state index contributed by atoms with van der Waals surface area (Å²) in [4.78, 5) is 34.5. The number of ether oxygens (including phenoxy) is 2. The molecule has 2 aliphatic rings. The second-order valence-corrected chi connectivity index (χ2v) is 13.4. The topological polar surface area (TPSA) is 244 Å². The number of aromatic nitrogens is 8. The zero-order chi connectivity index (χ0) is 29.9. The number of aliphatic hydroxyl groups is 2. The zero-order valence-electron chi connectivity index (χ0n) is 21.3. The second kappa shape index (κ2) is 10.8. The average Bonchev–Trinajstić information content (AvgIpc) is 3.69. The summed E-state index contributed by atoms with van der Waals surface area (Å²) in [7, 11) is 0. The first-order valence-corrected chi connectivity index (χ1v) is 15.4. The number of H-pyrrole nitrogens is 1. The number of nitrogens with one attached hydrogen (secondary N) is 1. The summed E-state index contributed by atoms with van der Waals surface area (Å²) in [6.45, 7) is -5.43. The molecule has 6 rings (SSSR count). The molecule has 0 saturated carbocycles. The molecule has 4 aromatic rings. The summed E-state index contributed by atoms with van der Waals surface area (Å²) in [6.07, 6.45) is -7.73. The van der Waals surface area contributed by atoms with E-state index in [0.29, 0.717) is 0 Å². The summed E-state index contributed by atoms with van der Waals surface area (Å²) in [6, 6.07) is 0. The third-order valence-corrected chi connectivity index (χ3v) is 10.1. The maximum absolute atomic E-state index is 15.7. The monoisotopic (exact) mass is 630 g/mol. The lowest BCUT2D eigenvalue weighted by Crippen LogP contribution is -2.33. The van der Waals surface area contributed by atoms with Crippen molar-refractivity contribution in [3.63, 3.8) is 0 Å². The first-order chi connectivity index (χ1) is 20.0. The number of aliphatic hydroxyl groups excluding tert-OH is 2. The fourth-order valence-electron chi connectivity index (χ4n) is 5.15. The molecule has 42 heavy (non-hydrogen) atoms. The molecule has 2 saturated heterocycles. The number of anilines is 2. The van der Waals surface area contributed by atoms with Crippen molar-refractivity contribution in [2.75, 3.05) is 24.7 Å². The van der Waals surface area contributed by atoms with E-state index in [2.05, 4.69) is 42.2 Å². The van der Waals surface area contributed by atoms with E-state index < -0.39 is 74.1 Å². The number of hydrogen-bond acceptors (Lipinski definition) is 14. The van der Waals surface area contributed by atoms with Crippen molar-refractivity contribution in [2.45, 2.75) is 55.2 Å². The van der Waals surface area contributed by atoms with Crippen molar-refractivity contribution in [3.8, 4) is 0 Å². The summed E-state index contributed by atoms with van der Waals surface area (Å²) in [5.41, 5.74) is 9.32. The molecule has 0 radical (unpaired) electrons. The number of aromatic amines is 1. The third-order valence-electron chi connectivity index (χ3n) is 7.18. The molecule has 0 aromatic carbocycles. The molecule has 0 aliphatic carbocycles. The Morgan fingerprint density at radius 1 is 1.05 bits per heavy atom. The molecule has 0 amide bonds. The van der Waals surface area contributed by atoms with E-state index in [1.165, 1.54) is 15.5 Å². The average molecular weight is 631 g/mol. The van der Waals surface area contributed by atoms with Gasteiger partial charge in [0.1, 0.15) is 35.9 Å². The van der Waals surface area contributed by atoms with Gasteiger partial charge < -0.3 is 35.7 Å². The van der Waals surface area contributed by atoms with Gasteiger partial charge in [-0.2, -0.15) is 4.98 Å². The number of hydrogen-bond donors (Lipinski definition) is 6. The van der Waals surface area contributed by atoms with Crippen molar-refractivity contribution < 1.29 is 37.6 Å². The molecular formula is C21H25F2N10O7PS. The van der Waals surface area contributed by atoms with Crippen molar-refractivity contribution in [2.24, 2.45) is 0 Å². The Bertz CT molecular complexity index is 1740. The highest BCUT2D eigenvalue weighted by Crippen LogP contribution is 2.64. The van der Waals surface area contributed by atoms with Crippen LogP contribution in [0.1, 0.15) is 18.9 Å². The van der Waals surface area contributed by atoms with Gasteiger partial charge in [0, 0.05) is 6.61 Å². The van der Waals surface area contributed by atoms with Gasteiger partial charge in [0.05, 0.1) is 25.4 Å². The van der Waals surface area contributed by atoms with Gasteiger partial charge in [-0.1, -0.05) is 12.2 Å². The number of nitrogens with zero attached hydrogens (tertiary/aromatic N) is 7. The Morgan fingerprint density at radius 2 is 1.74 bits per heavy atom. The second-order valence-electron chi connectivity index (χ2n) is 9.73. The van der Waals surface area contributed by atoms with Crippen LogP contribution in [0.3, 0.4) is 0 Å². The maximum atomic E-state index is 15.7. The lowest BCUT2D eigenvalue weighted by atomic mass is 10.1. The summed E-state index contributed by atoms with van der Waals surface area (Å²) in [5, 5.41) is 20.0. The molecule has 9 atom stereocenters. The van der Waals surface area contributed by atoms with Gasteiger partial charge in [0.15, 0.2) is 41.3 Å². The molecule has 2 aliphatic heterocycles. The van der Waals surface area contributed by atoms with Crippen molar-refractivity contribution in [1.29, 1.82) is 0 Å². The van der Waals surface area contributed by atoms with Crippen LogP contribution in [-0.2, 0) is 18.6 Å². The van der Waals surface area contributed by atoms with Gasteiger partial charge >= 0.3 is 0 Å². The van der Waals surface area contributed by atoms with Crippen LogP contribution in [0.4, 0.5) is 20.5 Å².